The number of nitrogens with one attached hydrogen (secondary N) is 1. The van der Waals surface area contributed by atoms with Crippen molar-refractivity contribution in [3.8, 4) is 5.75 Å². The standard InChI is InChI=1S/C14H25N3O2/c1-5-7-18-12-8-11(9-16-10-12)13(17-15)14(3,4)19-6-2/h8-10,13,17H,5-7,15H2,1-4H3. The second-order valence-corrected chi connectivity index (χ2v) is 4.94. The first kappa shape index (κ1) is 15.9. The van der Waals surface area contributed by atoms with Crippen molar-refractivity contribution in [2.45, 2.75) is 45.8 Å². The maximum absolute atomic E-state index is 5.75. The first-order chi connectivity index (χ1) is 9.05. The fourth-order valence-electron chi connectivity index (χ4n) is 2.05. The number of nitrogens with two attached hydrogens (primary N) is 1. The van der Waals surface area contributed by atoms with E-state index in [1.165, 1.54) is 0 Å². The van der Waals surface area contributed by atoms with Gasteiger partial charge in [-0.2, -0.15) is 0 Å². The smallest absolute Gasteiger partial charge is 0.137 e. The fourth-order valence-corrected chi connectivity index (χ4v) is 2.05. The molecule has 0 saturated heterocycles. The van der Waals surface area contributed by atoms with Gasteiger partial charge in [-0.3, -0.25) is 16.3 Å². The number of pyridine rings is 1. The zero-order valence-electron chi connectivity index (χ0n) is 12.3. The van der Waals surface area contributed by atoms with Gasteiger partial charge < -0.3 is 9.47 Å². The minimum Gasteiger partial charge on any atom is -0.492 e. The quantitative estimate of drug-likeness (QED) is 0.558. The molecule has 3 N–H and O–H groups in total. The maximum atomic E-state index is 5.75. The molecule has 0 aliphatic heterocycles. The third-order valence-electron chi connectivity index (χ3n) is 2.92. The summed E-state index contributed by atoms with van der Waals surface area (Å²) in [6, 6.07) is 1.80. The molecular formula is C14H25N3O2. The minimum absolute atomic E-state index is 0.148. The van der Waals surface area contributed by atoms with Gasteiger partial charge in [0.2, 0.25) is 0 Å². The Bertz CT molecular complexity index is 383. The van der Waals surface area contributed by atoms with Crippen molar-refractivity contribution < 1.29 is 9.47 Å². The van der Waals surface area contributed by atoms with Crippen LogP contribution in [0, 0.1) is 0 Å². The van der Waals surface area contributed by atoms with Crippen LogP contribution in [0.2, 0.25) is 0 Å². The average molecular weight is 267 g/mol. The highest BCUT2D eigenvalue weighted by atomic mass is 16.5. The van der Waals surface area contributed by atoms with E-state index in [-0.39, 0.29) is 6.04 Å². The van der Waals surface area contributed by atoms with Crippen molar-refractivity contribution in [3.05, 3.63) is 24.0 Å². The van der Waals surface area contributed by atoms with Gasteiger partial charge in [0.1, 0.15) is 5.75 Å². The summed E-state index contributed by atoms with van der Waals surface area (Å²) in [5, 5.41) is 0. The van der Waals surface area contributed by atoms with Crippen molar-refractivity contribution in [3.63, 3.8) is 0 Å². The Morgan fingerprint density at radius 3 is 2.68 bits per heavy atom. The second-order valence-electron chi connectivity index (χ2n) is 4.94. The first-order valence-electron chi connectivity index (χ1n) is 6.73. The molecular weight excluding hydrogens is 242 g/mol. The predicted molar refractivity (Wildman–Crippen MR) is 75.8 cm³/mol. The zero-order chi connectivity index (χ0) is 14.3. The Balaban J connectivity index is 2.92. The molecule has 1 aromatic rings. The molecule has 5 nitrogen and oxygen atoms in total. The molecule has 0 aliphatic rings. The lowest BCUT2D eigenvalue weighted by Gasteiger charge is -2.33. The van der Waals surface area contributed by atoms with Crippen molar-refractivity contribution in [2.24, 2.45) is 5.84 Å². The summed E-state index contributed by atoms with van der Waals surface area (Å²) in [5.74, 6) is 6.43. The number of nitrogens with zero attached hydrogens (tertiary/aromatic N) is 1. The van der Waals surface area contributed by atoms with Crippen LogP contribution in [0.3, 0.4) is 0 Å². The highest BCUT2D eigenvalue weighted by molar-refractivity contribution is 5.27. The van der Waals surface area contributed by atoms with Crippen LogP contribution in [-0.4, -0.2) is 23.8 Å². The van der Waals surface area contributed by atoms with E-state index in [1.807, 2.05) is 26.8 Å². The third kappa shape index (κ3) is 4.45. The third-order valence-corrected chi connectivity index (χ3v) is 2.92. The molecule has 108 valence electrons. The summed E-state index contributed by atoms with van der Waals surface area (Å²) in [7, 11) is 0. The summed E-state index contributed by atoms with van der Waals surface area (Å²) in [5.41, 5.74) is 3.34. The van der Waals surface area contributed by atoms with Crippen molar-refractivity contribution in [2.75, 3.05) is 13.2 Å². The van der Waals surface area contributed by atoms with Crippen LogP contribution in [0.1, 0.15) is 45.7 Å². The molecule has 0 aliphatic carbocycles. The van der Waals surface area contributed by atoms with Crippen LogP contribution in [-0.2, 0) is 4.74 Å². The SMILES string of the molecule is CCCOc1cncc(C(NN)C(C)(C)OCC)c1. The second kappa shape index (κ2) is 7.43. The molecule has 1 aromatic heterocycles. The Labute approximate surface area is 115 Å². The van der Waals surface area contributed by atoms with Gasteiger partial charge in [-0.05, 0) is 38.8 Å². The average Bonchev–Trinajstić information content (AvgIpc) is 2.37. The molecule has 1 atom stereocenters. The molecule has 0 saturated carbocycles. The maximum Gasteiger partial charge on any atom is 0.137 e. The van der Waals surface area contributed by atoms with Crippen LogP contribution in [0.25, 0.3) is 0 Å². The molecule has 0 spiro atoms. The van der Waals surface area contributed by atoms with Gasteiger partial charge in [-0.25, -0.2) is 0 Å². The minimum atomic E-state index is -0.422. The van der Waals surface area contributed by atoms with Gasteiger partial charge in [0, 0.05) is 12.8 Å². The summed E-state index contributed by atoms with van der Waals surface area (Å²) in [6.45, 7) is 9.35. The van der Waals surface area contributed by atoms with Gasteiger partial charge >= 0.3 is 0 Å². The van der Waals surface area contributed by atoms with Crippen LogP contribution in [0.4, 0.5) is 0 Å². The fraction of sp³-hybridized carbons (Fsp3) is 0.643. The molecule has 19 heavy (non-hydrogen) atoms. The zero-order valence-corrected chi connectivity index (χ0v) is 12.3. The highest BCUT2D eigenvalue weighted by Crippen LogP contribution is 2.29. The molecule has 0 amide bonds. The number of aromatic nitrogens is 1. The lowest BCUT2D eigenvalue weighted by Crippen LogP contribution is -2.44. The molecule has 0 aromatic carbocycles. The largest absolute Gasteiger partial charge is 0.492 e. The summed E-state index contributed by atoms with van der Waals surface area (Å²) in [6.07, 6.45) is 4.46. The Morgan fingerprint density at radius 2 is 2.11 bits per heavy atom. The monoisotopic (exact) mass is 267 g/mol. The van der Waals surface area contributed by atoms with Gasteiger partial charge in [-0.15, -0.1) is 0 Å². The topological polar surface area (TPSA) is 69.4 Å². The lowest BCUT2D eigenvalue weighted by atomic mass is 9.93. The molecule has 0 radical (unpaired) electrons. The van der Waals surface area contributed by atoms with Gasteiger partial charge in [-0.1, -0.05) is 6.92 Å². The van der Waals surface area contributed by atoms with E-state index < -0.39 is 5.60 Å². The van der Waals surface area contributed by atoms with Crippen LogP contribution < -0.4 is 16.0 Å². The van der Waals surface area contributed by atoms with Crippen molar-refractivity contribution in [1.29, 1.82) is 0 Å². The number of hydrazine groups is 1. The highest BCUT2D eigenvalue weighted by Gasteiger charge is 2.31. The number of hydrogen-bond acceptors (Lipinski definition) is 5. The van der Waals surface area contributed by atoms with Crippen LogP contribution in [0.5, 0.6) is 5.75 Å². The number of ether oxygens (including phenoxy) is 2. The van der Waals surface area contributed by atoms with Gasteiger partial charge in [0.15, 0.2) is 0 Å². The van der Waals surface area contributed by atoms with E-state index in [2.05, 4.69) is 17.3 Å². The number of rotatable bonds is 8. The molecule has 0 fully saturated rings. The van der Waals surface area contributed by atoms with E-state index in [0.29, 0.717) is 13.2 Å². The summed E-state index contributed by atoms with van der Waals surface area (Å²) < 4.78 is 11.3. The molecule has 1 heterocycles. The Hall–Kier alpha value is -1.17. The van der Waals surface area contributed by atoms with E-state index in [4.69, 9.17) is 15.3 Å². The predicted octanol–water partition coefficient (Wildman–Crippen LogP) is 2.19. The van der Waals surface area contributed by atoms with Crippen molar-refractivity contribution in [1.82, 2.24) is 10.4 Å². The Morgan fingerprint density at radius 1 is 1.37 bits per heavy atom. The lowest BCUT2D eigenvalue weighted by molar-refractivity contribution is -0.0393. The molecule has 0 bridgehead atoms. The van der Waals surface area contributed by atoms with Crippen LogP contribution in [0.15, 0.2) is 18.5 Å². The van der Waals surface area contributed by atoms with E-state index in [1.54, 1.807) is 12.4 Å². The summed E-state index contributed by atoms with van der Waals surface area (Å²) in [4.78, 5) is 4.20. The van der Waals surface area contributed by atoms with Crippen LogP contribution >= 0.6 is 0 Å². The van der Waals surface area contributed by atoms with E-state index in [0.717, 1.165) is 17.7 Å². The molecule has 1 rings (SSSR count). The molecule has 5 heteroatoms. The Kier molecular flexibility index (Phi) is 6.21. The number of hydrogen-bond donors (Lipinski definition) is 2. The van der Waals surface area contributed by atoms with Crippen molar-refractivity contribution >= 4 is 0 Å². The van der Waals surface area contributed by atoms with E-state index in [9.17, 15) is 0 Å². The summed E-state index contributed by atoms with van der Waals surface area (Å²) >= 11 is 0. The van der Waals surface area contributed by atoms with Gasteiger partial charge in [0.25, 0.3) is 0 Å². The molecule has 1 unspecified atom stereocenters. The normalized spacial score (nSPS) is 13.3. The van der Waals surface area contributed by atoms with E-state index >= 15 is 0 Å². The van der Waals surface area contributed by atoms with Gasteiger partial charge in [0.05, 0.1) is 24.4 Å². The first-order valence-corrected chi connectivity index (χ1v) is 6.73.